The third-order valence-corrected chi connectivity index (χ3v) is 5.84. The van der Waals surface area contributed by atoms with E-state index in [1.54, 1.807) is 12.1 Å². The molecule has 1 unspecified atom stereocenters. The topological polar surface area (TPSA) is 88.1 Å². The summed E-state index contributed by atoms with van der Waals surface area (Å²) in [6.07, 6.45) is 1.71. The maximum absolute atomic E-state index is 12.2. The van der Waals surface area contributed by atoms with Crippen molar-refractivity contribution < 1.29 is 31.7 Å². The van der Waals surface area contributed by atoms with Crippen LogP contribution in [0.3, 0.4) is 0 Å². The lowest BCUT2D eigenvalue weighted by Crippen LogP contribution is -2.07. The van der Waals surface area contributed by atoms with Crippen LogP contribution >= 0.6 is 8.03 Å². The number of hydrogen-bond acceptors (Lipinski definition) is 7. The second-order valence-electron chi connectivity index (χ2n) is 6.65. The summed E-state index contributed by atoms with van der Waals surface area (Å²) in [6, 6.07) is 8.88. The van der Waals surface area contributed by atoms with E-state index in [-0.39, 0.29) is 24.2 Å². The van der Waals surface area contributed by atoms with Crippen molar-refractivity contribution in [2.45, 2.75) is 25.2 Å². The first-order valence-electron chi connectivity index (χ1n) is 8.83. The van der Waals surface area contributed by atoms with Crippen LogP contribution in [0.25, 0.3) is 0 Å². The van der Waals surface area contributed by atoms with Gasteiger partial charge in [-0.3, -0.25) is 0 Å². The lowest BCUT2D eigenvalue weighted by Gasteiger charge is -2.15. The number of aryl methyl sites for hydroxylation is 2. The number of benzene rings is 2. The second-order valence-corrected chi connectivity index (χ2v) is 9.77. The van der Waals surface area contributed by atoms with E-state index in [1.165, 1.54) is 13.8 Å². The summed E-state index contributed by atoms with van der Waals surface area (Å²) in [5.74, 6) is 0.894. The lowest BCUT2D eigenvalue weighted by atomic mass is 9.96. The SMILES string of the molecule is COCOc1ccc(Cc2c(C)cc(OCO[P+](C)=O)cc2C)cc1S(C)(=O)=O. The number of ether oxygens (including phenoxy) is 3. The Morgan fingerprint density at radius 2 is 1.66 bits per heavy atom. The Morgan fingerprint density at radius 1 is 1.00 bits per heavy atom. The van der Waals surface area contributed by atoms with Crippen LogP contribution in [-0.2, 0) is 30.1 Å². The molecule has 1 atom stereocenters. The Labute approximate surface area is 172 Å². The second kappa shape index (κ2) is 10.2. The van der Waals surface area contributed by atoms with Crippen molar-refractivity contribution in [2.75, 3.05) is 33.6 Å². The zero-order chi connectivity index (χ0) is 21.6. The highest BCUT2D eigenvalue weighted by Crippen LogP contribution is 2.29. The Hall–Kier alpha value is -1.99. The summed E-state index contributed by atoms with van der Waals surface area (Å²) in [7, 11) is -3.70. The fourth-order valence-electron chi connectivity index (χ4n) is 2.88. The minimum atomic E-state index is -3.46. The Balaban J connectivity index is 2.28. The Morgan fingerprint density at radius 3 is 2.21 bits per heavy atom. The van der Waals surface area contributed by atoms with E-state index in [9.17, 15) is 13.0 Å². The molecule has 0 bridgehead atoms. The van der Waals surface area contributed by atoms with Crippen LogP contribution in [0.4, 0.5) is 0 Å². The molecule has 0 saturated carbocycles. The molecule has 2 aromatic rings. The van der Waals surface area contributed by atoms with E-state index < -0.39 is 17.9 Å². The van der Waals surface area contributed by atoms with E-state index in [1.807, 2.05) is 32.0 Å². The fourth-order valence-corrected chi connectivity index (χ4v) is 3.94. The fraction of sp³-hybridized carbons (Fsp3) is 0.400. The van der Waals surface area contributed by atoms with Crippen LogP contribution in [0.15, 0.2) is 35.2 Å². The van der Waals surface area contributed by atoms with Gasteiger partial charge in [0, 0.05) is 13.4 Å². The van der Waals surface area contributed by atoms with E-state index in [0.717, 1.165) is 28.5 Å². The molecule has 9 heteroatoms. The van der Waals surface area contributed by atoms with Crippen molar-refractivity contribution in [3.8, 4) is 11.5 Å². The molecule has 158 valence electrons. The van der Waals surface area contributed by atoms with Gasteiger partial charge in [0.25, 0.3) is 0 Å². The molecule has 0 aromatic heterocycles. The van der Waals surface area contributed by atoms with Gasteiger partial charge in [0.05, 0.1) is 0 Å². The monoisotopic (exact) mass is 441 g/mol. The first kappa shape index (κ1) is 23.3. The summed E-state index contributed by atoms with van der Waals surface area (Å²) in [4.78, 5) is 0.133. The summed E-state index contributed by atoms with van der Waals surface area (Å²) >= 11 is 0. The van der Waals surface area contributed by atoms with Crippen molar-refractivity contribution in [2.24, 2.45) is 0 Å². The molecule has 2 aromatic carbocycles. The zero-order valence-corrected chi connectivity index (χ0v) is 18.9. The van der Waals surface area contributed by atoms with Gasteiger partial charge in [0.2, 0.25) is 6.79 Å². The van der Waals surface area contributed by atoms with Crippen molar-refractivity contribution in [1.29, 1.82) is 0 Å². The maximum atomic E-state index is 12.2. The maximum Gasteiger partial charge on any atom is 0.508 e. The molecule has 29 heavy (non-hydrogen) atoms. The van der Waals surface area contributed by atoms with Crippen LogP contribution in [-0.4, -0.2) is 42.0 Å². The highest BCUT2D eigenvalue weighted by Gasteiger charge is 2.17. The van der Waals surface area contributed by atoms with Gasteiger partial charge < -0.3 is 14.2 Å². The molecule has 0 N–H and O–H groups in total. The predicted octanol–water partition coefficient (Wildman–Crippen LogP) is 4.01. The molecule has 0 saturated heterocycles. The average Bonchev–Trinajstić information content (AvgIpc) is 2.62. The highest BCUT2D eigenvalue weighted by molar-refractivity contribution is 7.90. The standard InChI is InChI=1S/C20H26O7PS/c1-14-8-17(25-13-27-28(4)21)9-15(2)18(14)10-16-6-7-19(26-12-24-3)20(11-16)29(5,22)23/h6-9,11H,10,12-13H2,1-5H3/q+1. The van der Waals surface area contributed by atoms with Crippen molar-refractivity contribution >= 4 is 17.9 Å². The smallest absolute Gasteiger partial charge is 0.466 e. The number of hydrogen-bond donors (Lipinski definition) is 0. The Bertz CT molecular complexity index is 963. The third-order valence-electron chi connectivity index (χ3n) is 4.25. The molecule has 0 heterocycles. The quantitative estimate of drug-likeness (QED) is 0.407. The van der Waals surface area contributed by atoms with Gasteiger partial charge in [-0.05, 0) is 71.4 Å². The molecule has 7 nitrogen and oxygen atoms in total. The van der Waals surface area contributed by atoms with Gasteiger partial charge >= 0.3 is 8.03 Å². The molecule has 0 fully saturated rings. The number of methoxy groups -OCH3 is 1. The van der Waals surface area contributed by atoms with Gasteiger partial charge in [-0.25, -0.2) is 8.42 Å². The van der Waals surface area contributed by atoms with Crippen LogP contribution in [0.5, 0.6) is 11.5 Å². The van der Waals surface area contributed by atoms with Crippen molar-refractivity contribution in [3.63, 3.8) is 0 Å². The molecule has 0 radical (unpaired) electrons. The molecule has 0 aliphatic rings. The van der Waals surface area contributed by atoms with E-state index in [4.69, 9.17) is 18.7 Å². The highest BCUT2D eigenvalue weighted by atomic mass is 32.2. The van der Waals surface area contributed by atoms with Crippen LogP contribution in [0.1, 0.15) is 22.3 Å². The van der Waals surface area contributed by atoms with Crippen LogP contribution in [0.2, 0.25) is 0 Å². The van der Waals surface area contributed by atoms with E-state index >= 15 is 0 Å². The summed E-state index contributed by atoms with van der Waals surface area (Å²) in [5.41, 5.74) is 3.93. The van der Waals surface area contributed by atoms with E-state index in [2.05, 4.69) is 0 Å². The van der Waals surface area contributed by atoms with Crippen LogP contribution in [0, 0.1) is 13.8 Å². The molecule has 0 aliphatic carbocycles. The summed E-state index contributed by atoms with van der Waals surface area (Å²) in [5, 5.41) is 0. The summed E-state index contributed by atoms with van der Waals surface area (Å²) < 4.78 is 56.0. The molecular formula is C20H26O7PS+. The van der Waals surface area contributed by atoms with Crippen molar-refractivity contribution in [1.82, 2.24) is 0 Å². The molecular weight excluding hydrogens is 415 g/mol. The average molecular weight is 441 g/mol. The van der Waals surface area contributed by atoms with E-state index in [0.29, 0.717) is 12.2 Å². The third kappa shape index (κ3) is 6.78. The lowest BCUT2D eigenvalue weighted by molar-refractivity contribution is 0.0490. The minimum Gasteiger partial charge on any atom is -0.466 e. The first-order chi connectivity index (χ1) is 13.6. The first-order valence-corrected chi connectivity index (χ1v) is 12.3. The minimum absolute atomic E-state index is 0.0302. The van der Waals surface area contributed by atoms with Gasteiger partial charge in [-0.15, -0.1) is 4.52 Å². The Kier molecular flexibility index (Phi) is 8.16. The zero-order valence-electron chi connectivity index (χ0n) is 17.2. The summed E-state index contributed by atoms with van der Waals surface area (Å²) in [6.45, 7) is 5.28. The largest absolute Gasteiger partial charge is 0.508 e. The normalized spacial score (nSPS) is 12.0. The van der Waals surface area contributed by atoms with Gasteiger partial charge in [-0.2, -0.15) is 0 Å². The number of rotatable bonds is 10. The predicted molar refractivity (Wildman–Crippen MR) is 111 cm³/mol. The van der Waals surface area contributed by atoms with Gasteiger partial charge in [0.15, 0.2) is 23.3 Å². The van der Waals surface area contributed by atoms with Gasteiger partial charge in [-0.1, -0.05) is 6.07 Å². The molecule has 0 spiro atoms. The molecule has 0 amide bonds. The van der Waals surface area contributed by atoms with Crippen molar-refractivity contribution in [3.05, 3.63) is 52.6 Å². The van der Waals surface area contributed by atoms with Crippen LogP contribution < -0.4 is 9.47 Å². The molecule has 0 aliphatic heterocycles. The number of sulfone groups is 1. The molecule has 2 rings (SSSR count). The van der Waals surface area contributed by atoms with Gasteiger partial charge in [0.1, 0.15) is 16.4 Å².